The minimum Gasteiger partial charge on any atom is -0.436 e. The Morgan fingerprint density at radius 3 is 2.55 bits per heavy atom. The zero-order valence-corrected chi connectivity index (χ0v) is 13.3. The zero-order valence-electron chi connectivity index (χ0n) is 12.4. The molecule has 7 nitrogen and oxygen atoms in total. The number of nitro groups is 1. The predicted octanol–water partition coefficient (Wildman–Crippen LogP) is 2.85. The van der Waals surface area contributed by atoms with E-state index in [9.17, 15) is 18.5 Å². The summed E-state index contributed by atoms with van der Waals surface area (Å²) >= 11 is 0. The van der Waals surface area contributed by atoms with Crippen LogP contribution in [0.5, 0.6) is 0 Å². The van der Waals surface area contributed by atoms with E-state index in [4.69, 9.17) is 4.42 Å². The van der Waals surface area contributed by atoms with Crippen LogP contribution in [0.2, 0.25) is 0 Å². The highest BCUT2D eigenvalue weighted by Gasteiger charge is 2.26. The van der Waals surface area contributed by atoms with Crippen molar-refractivity contribution in [1.29, 1.82) is 0 Å². The monoisotopic (exact) mass is 324 g/mol. The van der Waals surface area contributed by atoms with Gasteiger partial charge in [0.1, 0.15) is 6.26 Å². The van der Waals surface area contributed by atoms with Crippen LogP contribution in [-0.2, 0) is 21.0 Å². The number of benzene rings is 1. The highest BCUT2D eigenvalue weighted by atomic mass is 32.2. The van der Waals surface area contributed by atoms with Crippen molar-refractivity contribution in [3.05, 3.63) is 51.9 Å². The minimum absolute atomic E-state index is 0.157. The Morgan fingerprint density at radius 1 is 1.32 bits per heavy atom. The summed E-state index contributed by atoms with van der Waals surface area (Å²) in [5.74, 6) is -0.404. The Hall–Kier alpha value is -2.22. The molecule has 0 N–H and O–H groups in total. The van der Waals surface area contributed by atoms with Gasteiger partial charge >= 0.3 is 5.22 Å². The zero-order chi connectivity index (χ0) is 16.5. The summed E-state index contributed by atoms with van der Waals surface area (Å²) in [6, 6.07) is 5.49. The van der Waals surface area contributed by atoms with E-state index in [-0.39, 0.29) is 16.3 Å². The normalized spacial score (nSPS) is 12.3. The van der Waals surface area contributed by atoms with Crippen LogP contribution in [0.15, 0.2) is 40.2 Å². The lowest BCUT2D eigenvalue weighted by molar-refractivity contribution is -0.384. The van der Waals surface area contributed by atoms with E-state index in [1.807, 2.05) is 20.8 Å². The van der Waals surface area contributed by atoms with E-state index in [1.165, 1.54) is 30.5 Å². The Balaban J connectivity index is 2.30. The first-order chi connectivity index (χ1) is 10.1. The molecule has 8 heteroatoms. The standard InChI is InChI=1S/C14H16N2O5S/c1-14(2,3)12-8-21-13(15-12)22(19,20)9-10-5-4-6-11(7-10)16(17)18/h4-8H,9H2,1-3H3. The molecule has 0 fully saturated rings. The first-order valence-corrected chi connectivity index (χ1v) is 8.17. The Bertz CT molecular complexity index is 803. The van der Waals surface area contributed by atoms with E-state index >= 15 is 0 Å². The summed E-state index contributed by atoms with van der Waals surface area (Å²) in [6.45, 7) is 5.67. The molecule has 0 saturated carbocycles. The second-order valence-corrected chi connectivity index (χ2v) is 7.80. The topological polar surface area (TPSA) is 103 Å². The molecule has 2 rings (SSSR count). The van der Waals surface area contributed by atoms with Gasteiger partial charge in [-0.1, -0.05) is 32.9 Å². The van der Waals surface area contributed by atoms with Gasteiger partial charge in [0.05, 0.1) is 16.4 Å². The summed E-state index contributed by atoms with van der Waals surface area (Å²) in [6.07, 6.45) is 1.32. The van der Waals surface area contributed by atoms with Crippen LogP contribution in [0.25, 0.3) is 0 Å². The van der Waals surface area contributed by atoms with E-state index < -0.39 is 20.5 Å². The van der Waals surface area contributed by atoms with Crippen molar-refractivity contribution in [3.8, 4) is 0 Å². The third-order valence-electron chi connectivity index (χ3n) is 3.00. The van der Waals surface area contributed by atoms with Gasteiger partial charge in [-0.15, -0.1) is 0 Å². The average Bonchev–Trinajstić information content (AvgIpc) is 2.88. The molecule has 0 bridgehead atoms. The van der Waals surface area contributed by atoms with Gasteiger partial charge in [-0.2, -0.15) is 0 Å². The fourth-order valence-corrected chi connectivity index (χ4v) is 2.96. The number of oxazole rings is 1. The lowest BCUT2D eigenvalue weighted by Gasteiger charge is -2.12. The van der Waals surface area contributed by atoms with Crippen molar-refractivity contribution < 1.29 is 17.8 Å². The van der Waals surface area contributed by atoms with Gasteiger partial charge in [-0.3, -0.25) is 10.1 Å². The average molecular weight is 324 g/mol. The number of non-ortho nitro benzene ring substituents is 1. The minimum atomic E-state index is -3.80. The number of aromatic nitrogens is 1. The molecule has 0 amide bonds. The smallest absolute Gasteiger partial charge is 0.315 e. The van der Waals surface area contributed by atoms with Crippen LogP contribution in [0.3, 0.4) is 0 Å². The molecule has 0 aliphatic heterocycles. The summed E-state index contributed by atoms with van der Waals surface area (Å²) in [5.41, 5.74) is 0.355. The lowest BCUT2D eigenvalue weighted by atomic mass is 9.93. The molecule has 1 aromatic carbocycles. The molecule has 0 aliphatic rings. The number of nitrogens with zero attached hydrogens (tertiary/aromatic N) is 2. The molecule has 0 unspecified atom stereocenters. The quantitative estimate of drug-likeness (QED) is 0.632. The Labute approximate surface area is 128 Å². The van der Waals surface area contributed by atoms with Crippen molar-refractivity contribution in [3.63, 3.8) is 0 Å². The van der Waals surface area contributed by atoms with Crippen LogP contribution < -0.4 is 0 Å². The van der Waals surface area contributed by atoms with Crippen LogP contribution in [-0.4, -0.2) is 18.3 Å². The van der Waals surface area contributed by atoms with Crippen molar-refractivity contribution >= 4 is 15.5 Å². The SMILES string of the molecule is CC(C)(C)c1coc(S(=O)(=O)Cc2cccc([N+](=O)[O-])c2)n1. The molecule has 1 aromatic heterocycles. The summed E-state index contributed by atoms with van der Waals surface area (Å²) in [5, 5.41) is 10.4. The number of nitro benzene ring substituents is 1. The van der Waals surface area contributed by atoms with Gasteiger partial charge in [0.2, 0.25) is 9.84 Å². The molecule has 22 heavy (non-hydrogen) atoms. The number of hydrogen-bond acceptors (Lipinski definition) is 6. The van der Waals surface area contributed by atoms with Gasteiger partial charge < -0.3 is 4.42 Å². The van der Waals surface area contributed by atoms with Crippen LogP contribution >= 0.6 is 0 Å². The third kappa shape index (κ3) is 3.51. The molecule has 0 atom stereocenters. The predicted molar refractivity (Wildman–Crippen MR) is 79.2 cm³/mol. The highest BCUT2D eigenvalue weighted by molar-refractivity contribution is 7.90. The van der Waals surface area contributed by atoms with Gasteiger partial charge in [-0.05, 0) is 5.56 Å². The maximum atomic E-state index is 12.3. The Morgan fingerprint density at radius 2 is 2.00 bits per heavy atom. The highest BCUT2D eigenvalue weighted by Crippen LogP contribution is 2.25. The maximum absolute atomic E-state index is 12.3. The molecule has 1 heterocycles. The van der Waals surface area contributed by atoms with E-state index in [1.54, 1.807) is 0 Å². The van der Waals surface area contributed by atoms with Crippen molar-refractivity contribution in [2.45, 2.75) is 37.2 Å². The molecule has 118 valence electrons. The lowest BCUT2D eigenvalue weighted by Crippen LogP contribution is -2.12. The molecule has 0 aliphatic carbocycles. The Kier molecular flexibility index (Phi) is 4.06. The first-order valence-electron chi connectivity index (χ1n) is 6.52. The van der Waals surface area contributed by atoms with E-state index in [0.717, 1.165) is 0 Å². The first kappa shape index (κ1) is 16.2. The van der Waals surface area contributed by atoms with Crippen molar-refractivity contribution in [1.82, 2.24) is 4.98 Å². The van der Waals surface area contributed by atoms with Crippen LogP contribution in [0.4, 0.5) is 5.69 Å². The molecular formula is C14H16N2O5S. The molecule has 0 spiro atoms. The fourth-order valence-electron chi connectivity index (χ4n) is 1.79. The van der Waals surface area contributed by atoms with E-state index in [2.05, 4.69) is 4.98 Å². The van der Waals surface area contributed by atoms with Gasteiger partial charge in [0.25, 0.3) is 5.69 Å². The summed E-state index contributed by atoms with van der Waals surface area (Å²) in [7, 11) is -3.80. The second-order valence-electron chi connectivity index (χ2n) is 5.93. The molecule has 2 aromatic rings. The summed E-state index contributed by atoms with van der Waals surface area (Å²) in [4.78, 5) is 14.2. The maximum Gasteiger partial charge on any atom is 0.315 e. The third-order valence-corrected chi connectivity index (χ3v) is 4.43. The second kappa shape index (κ2) is 5.53. The van der Waals surface area contributed by atoms with Crippen molar-refractivity contribution in [2.24, 2.45) is 0 Å². The molecule has 0 radical (unpaired) electrons. The fraction of sp³-hybridized carbons (Fsp3) is 0.357. The van der Waals surface area contributed by atoms with E-state index in [0.29, 0.717) is 11.3 Å². The van der Waals surface area contributed by atoms with Crippen LogP contribution in [0.1, 0.15) is 32.0 Å². The van der Waals surface area contributed by atoms with Gasteiger partial charge in [-0.25, -0.2) is 13.4 Å². The number of hydrogen-bond donors (Lipinski definition) is 0. The van der Waals surface area contributed by atoms with Crippen molar-refractivity contribution in [2.75, 3.05) is 0 Å². The van der Waals surface area contributed by atoms with Gasteiger partial charge in [0.15, 0.2) is 0 Å². The van der Waals surface area contributed by atoms with Gasteiger partial charge in [0, 0.05) is 17.5 Å². The molecular weight excluding hydrogens is 308 g/mol. The van der Waals surface area contributed by atoms with Crippen LogP contribution in [0, 0.1) is 10.1 Å². The number of sulfone groups is 1. The molecule has 0 saturated heterocycles. The number of rotatable bonds is 4. The summed E-state index contributed by atoms with van der Waals surface area (Å²) < 4.78 is 29.7. The largest absolute Gasteiger partial charge is 0.436 e.